The van der Waals surface area contributed by atoms with E-state index in [0.29, 0.717) is 5.78 Å². The molecule has 1 aliphatic heterocycles. The van der Waals surface area contributed by atoms with Gasteiger partial charge < -0.3 is 0 Å². The van der Waals surface area contributed by atoms with Crippen LogP contribution >= 0.6 is 11.3 Å². The van der Waals surface area contributed by atoms with Crippen molar-refractivity contribution in [3.8, 4) is 0 Å². The summed E-state index contributed by atoms with van der Waals surface area (Å²) in [5, 5.41) is 3.98. The highest BCUT2D eigenvalue weighted by Crippen LogP contribution is 2.32. The van der Waals surface area contributed by atoms with Crippen LogP contribution in [-0.4, -0.2) is 29.3 Å². The van der Waals surface area contributed by atoms with Crippen molar-refractivity contribution in [2.75, 3.05) is 13.1 Å². The van der Waals surface area contributed by atoms with Gasteiger partial charge in [0.1, 0.15) is 0 Å². The van der Waals surface area contributed by atoms with Crippen LogP contribution in [0.2, 0.25) is 0 Å². The van der Waals surface area contributed by atoms with Gasteiger partial charge in [-0.2, -0.15) is 11.3 Å². The number of likely N-dealkylation sites (tertiary alicyclic amines) is 1. The largest absolute Gasteiger partial charge is 0.292 e. The van der Waals surface area contributed by atoms with Gasteiger partial charge >= 0.3 is 0 Å². The first-order valence-electron chi connectivity index (χ1n) is 6.56. The Morgan fingerprint density at radius 1 is 1.35 bits per heavy atom. The van der Waals surface area contributed by atoms with Gasteiger partial charge in [-0.15, -0.1) is 0 Å². The first-order valence-corrected chi connectivity index (χ1v) is 7.51. The summed E-state index contributed by atoms with van der Waals surface area (Å²) in [5.41, 5.74) is 0.642. The van der Waals surface area contributed by atoms with Crippen LogP contribution in [-0.2, 0) is 0 Å². The molecule has 0 bridgehead atoms. The maximum Gasteiger partial charge on any atom is 0.183 e. The molecule has 1 aliphatic rings. The minimum Gasteiger partial charge on any atom is -0.292 e. The first kappa shape index (κ1) is 12.8. The smallest absolute Gasteiger partial charge is 0.183 e. The predicted octanol–water partition coefficient (Wildman–Crippen LogP) is 3.59. The van der Waals surface area contributed by atoms with Crippen molar-refractivity contribution in [2.24, 2.45) is 0 Å². The van der Waals surface area contributed by atoms with Crippen LogP contribution in [0.3, 0.4) is 0 Å². The number of rotatable bonds is 5. The van der Waals surface area contributed by atoms with Crippen LogP contribution in [0.1, 0.15) is 49.9 Å². The molecule has 2 nitrogen and oxygen atoms in total. The number of Topliss-reactive ketones (excluding diaryl/α,β-unsaturated/α-hetero) is 1. The Morgan fingerprint density at radius 3 is 2.47 bits per heavy atom. The molecule has 0 radical (unpaired) electrons. The van der Waals surface area contributed by atoms with E-state index in [4.69, 9.17) is 0 Å². The van der Waals surface area contributed by atoms with Crippen LogP contribution < -0.4 is 0 Å². The second kappa shape index (κ2) is 5.32. The van der Waals surface area contributed by atoms with Crippen molar-refractivity contribution < 1.29 is 4.79 Å². The highest BCUT2D eigenvalue weighted by Gasteiger charge is 2.42. The lowest BCUT2D eigenvalue weighted by Gasteiger charge is -2.39. The second-order valence-corrected chi connectivity index (χ2v) is 5.55. The van der Waals surface area contributed by atoms with E-state index in [-0.39, 0.29) is 5.54 Å². The van der Waals surface area contributed by atoms with Crippen molar-refractivity contribution in [1.82, 2.24) is 4.90 Å². The molecule has 2 rings (SSSR count). The van der Waals surface area contributed by atoms with E-state index in [9.17, 15) is 4.79 Å². The normalized spacial score (nSPS) is 17.5. The molecule has 17 heavy (non-hydrogen) atoms. The lowest BCUT2D eigenvalue weighted by atomic mass is 9.83. The van der Waals surface area contributed by atoms with Crippen LogP contribution in [0.4, 0.5) is 0 Å². The molecule has 0 atom stereocenters. The summed E-state index contributed by atoms with van der Waals surface area (Å²) in [6, 6.07) is 1.96. The Hall–Kier alpha value is -0.670. The quantitative estimate of drug-likeness (QED) is 0.745. The average molecular weight is 251 g/mol. The van der Waals surface area contributed by atoms with Crippen molar-refractivity contribution in [3.05, 3.63) is 22.4 Å². The molecule has 0 aliphatic carbocycles. The number of carbonyl (C=O) groups excluding carboxylic acids is 1. The molecule has 2 heterocycles. The molecular formula is C14H21NOS. The minimum absolute atomic E-state index is 0.252. The lowest BCUT2D eigenvalue weighted by molar-refractivity contribution is 0.0582. The summed E-state index contributed by atoms with van der Waals surface area (Å²) >= 11 is 1.61. The minimum atomic E-state index is -0.252. The van der Waals surface area contributed by atoms with Crippen LogP contribution in [0.5, 0.6) is 0 Å². The van der Waals surface area contributed by atoms with E-state index in [1.165, 1.54) is 12.8 Å². The molecule has 1 fully saturated rings. The first-order chi connectivity index (χ1) is 8.24. The Morgan fingerprint density at radius 2 is 2.00 bits per heavy atom. The lowest BCUT2D eigenvalue weighted by Crippen LogP contribution is -2.52. The average Bonchev–Trinajstić information content (AvgIpc) is 3.04. The Balaban J connectivity index is 2.29. The van der Waals surface area contributed by atoms with Gasteiger partial charge in [-0.1, -0.05) is 13.8 Å². The van der Waals surface area contributed by atoms with Gasteiger partial charge in [0, 0.05) is 10.9 Å². The van der Waals surface area contributed by atoms with Crippen molar-refractivity contribution >= 4 is 17.1 Å². The molecule has 1 saturated heterocycles. The van der Waals surface area contributed by atoms with E-state index in [1.54, 1.807) is 11.3 Å². The third-order valence-corrected chi connectivity index (χ3v) is 4.77. The van der Waals surface area contributed by atoms with Gasteiger partial charge in [0.05, 0.1) is 5.54 Å². The van der Waals surface area contributed by atoms with Gasteiger partial charge in [-0.25, -0.2) is 0 Å². The second-order valence-electron chi connectivity index (χ2n) is 4.77. The summed E-state index contributed by atoms with van der Waals surface area (Å²) in [7, 11) is 0. The maximum absolute atomic E-state index is 12.7. The number of thiophene rings is 1. The topological polar surface area (TPSA) is 20.3 Å². The van der Waals surface area contributed by atoms with Crippen molar-refractivity contribution in [3.63, 3.8) is 0 Å². The highest BCUT2D eigenvalue weighted by molar-refractivity contribution is 7.08. The summed E-state index contributed by atoms with van der Waals surface area (Å²) in [4.78, 5) is 15.2. The van der Waals surface area contributed by atoms with Crippen molar-refractivity contribution in [2.45, 2.75) is 45.1 Å². The zero-order valence-electron chi connectivity index (χ0n) is 10.7. The summed E-state index contributed by atoms with van der Waals surface area (Å²) in [6.07, 6.45) is 4.30. The summed E-state index contributed by atoms with van der Waals surface area (Å²) in [5.74, 6) is 0.325. The van der Waals surface area contributed by atoms with Gasteiger partial charge in [-0.05, 0) is 50.2 Å². The van der Waals surface area contributed by atoms with E-state index in [1.807, 2.05) is 16.8 Å². The van der Waals surface area contributed by atoms with Gasteiger partial charge in [0.25, 0.3) is 0 Å². The molecule has 0 amide bonds. The molecule has 1 aromatic rings. The number of hydrogen-bond donors (Lipinski definition) is 0. The van der Waals surface area contributed by atoms with Crippen LogP contribution in [0.15, 0.2) is 16.8 Å². The Labute approximate surface area is 108 Å². The maximum atomic E-state index is 12.7. The fourth-order valence-corrected chi connectivity index (χ4v) is 3.61. The van der Waals surface area contributed by atoms with Gasteiger partial charge in [-0.3, -0.25) is 9.69 Å². The molecule has 0 unspecified atom stereocenters. The summed E-state index contributed by atoms with van der Waals surface area (Å²) in [6.45, 7) is 6.45. The summed E-state index contributed by atoms with van der Waals surface area (Å²) < 4.78 is 0. The fraction of sp³-hybridized carbons (Fsp3) is 0.643. The van der Waals surface area contributed by atoms with Crippen LogP contribution in [0.25, 0.3) is 0 Å². The van der Waals surface area contributed by atoms with E-state index >= 15 is 0 Å². The Bertz CT molecular complexity index is 362. The molecule has 0 aromatic carbocycles. The third-order valence-electron chi connectivity index (χ3n) is 4.09. The highest BCUT2D eigenvalue weighted by atomic mass is 32.1. The van der Waals surface area contributed by atoms with Crippen LogP contribution in [0, 0.1) is 0 Å². The molecule has 0 N–H and O–H groups in total. The molecule has 1 aromatic heterocycles. The fourth-order valence-electron chi connectivity index (χ4n) is 2.97. The van der Waals surface area contributed by atoms with Gasteiger partial charge in [0.15, 0.2) is 5.78 Å². The zero-order chi connectivity index (χ0) is 12.3. The Kier molecular flexibility index (Phi) is 4.00. The van der Waals surface area contributed by atoms with E-state index in [0.717, 1.165) is 31.5 Å². The van der Waals surface area contributed by atoms with Crippen molar-refractivity contribution in [1.29, 1.82) is 0 Å². The number of nitrogens with zero attached hydrogens (tertiary/aromatic N) is 1. The zero-order valence-corrected chi connectivity index (χ0v) is 11.6. The van der Waals surface area contributed by atoms with Gasteiger partial charge in [0.2, 0.25) is 0 Å². The number of carbonyl (C=O) groups is 1. The van der Waals surface area contributed by atoms with E-state index in [2.05, 4.69) is 18.7 Å². The SMILES string of the molecule is CCC(CC)(C(=O)c1ccsc1)N1CCCC1. The standard InChI is InChI=1S/C14H21NOS/c1-3-14(4-2,15-8-5-6-9-15)13(16)12-7-10-17-11-12/h7,10-11H,3-6,8-9H2,1-2H3. The molecule has 94 valence electrons. The molecule has 0 saturated carbocycles. The number of hydrogen-bond acceptors (Lipinski definition) is 3. The monoisotopic (exact) mass is 251 g/mol. The van der Waals surface area contributed by atoms with E-state index < -0.39 is 0 Å². The molecular weight excluding hydrogens is 230 g/mol. The molecule has 0 spiro atoms. The predicted molar refractivity (Wildman–Crippen MR) is 72.8 cm³/mol. The molecule has 3 heteroatoms. The number of ketones is 1. The third kappa shape index (κ3) is 2.18.